The molecule has 7 nitrogen and oxygen atoms in total. The van der Waals surface area contributed by atoms with Crippen LogP contribution in [0.2, 0.25) is 0 Å². The standard InChI is InChI=1S/C14H22N2O5/c1-3-4-7-19-8-9-20-10-11-21-14-13(16(17)18)12(2)5-6-15-14/h5-6H,3-4,7-11H2,1-2H3. The quantitative estimate of drug-likeness (QED) is 0.354. The van der Waals surface area contributed by atoms with E-state index in [2.05, 4.69) is 11.9 Å². The molecular formula is C14H22N2O5. The topological polar surface area (TPSA) is 83.7 Å². The normalized spacial score (nSPS) is 10.6. The van der Waals surface area contributed by atoms with E-state index in [0.29, 0.717) is 25.4 Å². The van der Waals surface area contributed by atoms with E-state index in [1.165, 1.54) is 6.20 Å². The molecule has 1 aromatic heterocycles. The molecule has 1 aromatic rings. The maximum absolute atomic E-state index is 10.9. The summed E-state index contributed by atoms with van der Waals surface area (Å²) < 4.78 is 16.0. The summed E-state index contributed by atoms with van der Waals surface area (Å²) in [6, 6.07) is 1.58. The van der Waals surface area contributed by atoms with Crippen molar-refractivity contribution in [2.24, 2.45) is 0 Å². The second-order valence-electron chi connectivity index (χ2n) is 4.47. The monoisotopic (exact) mass is 298 g/mol. The first-order valence-electron chi connectivity index (χ1n) is 7.05. The van der Waals surface area contributed by atoms with Gasteiger partial charge in [0.2, 0.25) is 0 Å². The van der Waals surface area contributed by atoms with Crippen LogP contribution in [-0.4, -0.2) is 42.9 Å². The maximum atomic E-state index is 10.9. The Hall–Kier alpha value is -1.73. The first-order chi connectivity index (χ1) is 10.2. The van der Waals surface area contributed by atoms with Crippen molar-refractivity contribution in [1.29, 1.82) is 0 Å². The fourth-order valence-corrected chi connectivity index (χ4v) is 1.62. The average molecular weight is 298 g/mol. The molecule has 0 saturated heterocycles. The number of ether oxygens (including phenoxy) is 3. The highest BCUT2D eigenvalue weighted by Crippen LogP contribution is 2.27. The molecule has 0 aromatic carbocycles. The smallest absolute Gasteiger partial charge is 0.333 e. The highest BCUT2D eigenvalue weighted by atomic mass is 16.6. The molecule has 0 amide bonds. The van der Waals surface area contributed by atoms with Crippen molar-refractivity contribution in [3.8, 4) is 5.88 Å². The third-order valence-electron chi connectivity index (χ3n) is 2.76. The lowest BCUT2D eigenvalue weighted by molar-refractivity contribution is -0.386. The van der Waals surface area contributed by atoms with E-state index < -0.39 is 4.92 Å². The zero-order chi connectivity index (χ0) is 15.5. The number of aryl methyl sites for hydroxylation is 1. The van der Waals surface area contributed by atoms with Gasteiger partial charge in [-0.2, -0.15) is 0 Å². The van der Waals surface area contributed by atoms with Crippen LogP contribution in [-0.2, 0) is 9.47 Å². The summed E-state index contributed by atoms with van der Waals surface area (Å²) >= 11 is 0. The summed E-state index contributed by atoms with van der Waals surface area (Å²) in [5.74, 6) is 0.0304. The molecule has 0 N–H and O–H groups in total. The van der Waals surface area contributed by atoms with Gasteiger partial charge in [0.25, 0.3) is 5.88 Å². The Morgan fingerprint density at radius 2 is 1.86 bits per heavy atom. The molecule has 1 heterocycles. The van der Waals surface area contributed by atoms with Crippen molar-refractivity contribution in [3.05, 3.63) is 27.9 Å². The molecule has 0 unspecified atom stereocenters. The predicted molar refractivity (Wildman–Crippen MR) is 77.7 cm³/mol. The lowest BCUT2D eigenvalue weighted by atomic mass is 10.2. The molecule has 118 valence electrons. The zero-order valence-corrected chi connectivity index (χ0v) is 12.5. The molecule has 0 aliphatic rings. The van der Waals surface area contributed by atoms with Crippen molar-refractivity contribution in [2.75, 3.05) is 33.0 Å². The largest absolute Gasteiger partial charge is 0.470 e. The van der Waals surface area contributed by atoms with E-state index in [-0.39, 0.29) is 18.2 Å². The molecule has 7 heteroatoms. The van der Waals surface area contributed by atoms with Crippen molar-refractivity contribution in [3.63, 3.8) is 0 Å². The van der Waals surface area contributed by atoms with Gasteiger partial charge in [-0.05, 0) is 19.4 Å². The third kappa shape index (κ3) is 6.50. The fraction of sp³-hybridized carbons (Fsp3) is 0.643. The van der Waals surface area contributed by atoms with Crippen LogP contribution >= 0.6 is 0 Å². The van der Waals surface area contributed by atoms with Gasteiger partial charge >= 0.3 is 5.69 Å². The Bertz CT molecular complexity index is 439. The fourth-order valence-electron chi connectivity index (χ4n) is 1.62. The maximum Gasteiger partial charge on any atom is 0.333 e. The summed E-state index contributed by atoms with van der Waals surface area (Å²) in [4.78, 5) is 14.3. The molecular weight excluding hydrogens is 276 g/mol. The second kappa shape index (κ2) is 10.1. The van der Waals surface area contributed by atoms with E-state index in [9.17, 15) is 10.1 Å². The Morgan fingerprint density at radius 3 is 2.52 bits per heavy atom. The van der Waals surface area contributed by atoms with Crippen LogP contribution in [0.4, 0.5) is 5.69 Å². The molecule has 1 rings (SSSR count). The summed E-state index contributed by atoms with van der Waals surface area (Å²) in [5.41, 5.74) is 0.427. The number of unbranched alkanes of at least 4 members (excludes halogenated alkanes) is 1. The summed E-state index contributed by atoms with van der Waals surface area (Å²) in [7, 11) is 0. The Labute approximate surface area is 124 Å². The van der Waals surface area contributed by atoms with Crippen molar-refractivity contribution >= 4 is 5.69 Å². The first-order valence-corrected chi connectivity index (χ1v) is 7.05. The van der Waals surface area contributed by atoms with Crippen LogP contribution in [0.3, 0.4) is 0 Å². The SMILES string of the molecule is CCCCOCCOCCOc1nccc(C)c1[N+](=O)[O-]. The molecule has 0 spiro atoms. The second-order valence-corrected chi connectivity index (χ2v) is 4.47. The molecule has 0 aliphatic heterocycles. The van der Waals surface area contributed by atoms with Crippen LogP contribution in [0, 0.1) is 17.0 Å². The minimum absolute atomic E-state index is 0.0304. The van der Waals surface area contributed by atoms with Gasteiger partial charge in [0, 0.05) is 18.4 Å². The van der Waals surface area contributed by atoms with Crippen LogP contribution in [0.25, 0.3) is 0 Å². The highest BCUT2D eigenvalue weighted by molar-refractivity contribution is 5.47. The molecule has 0 atom stereocenters. The van der Waals surface area contributed by atoms with Crippen molar-refractivity contribution < 1.29 is 19.1 Å². The first kappa shape index (κ1) is 17.3. The molecule has 21 heavy (non-hydrogen) atoms. The molecule has 0 bridgehead atoms. The number of rotatable bonds is 11. The van der Waals surface area contributed by atoms with Crippen LogP contribution < -0.4 is 4.74 Å². The zero-order valence-electron chi connectivity index (χ0n) is 12.5. The van der Waals surface area contributed by atoms with Crippen LogP contribution in [0.15, 0.2) is 12.3 Å². The van der Waals surface area contributed by atoms with Crippen LogP contribution in [0.5, 0.6) is 5.88 Å². The Morgan fingerprint density at radius 1 is 1.19 bits per heavy atom. The van der Waals surface area contributed by atoms with Crippen molar-refractivity contribution in [1.82, 2.24) is 4.98 Å². The van der Waals surface area contributed by atoms with E-state index in [4.69, 9.17) is 14.2 Å². The average Bonchev–Trinajstić information content (AvgIpc) is 2.45. The number of nitrogens with zero attached hydrogens (tertiary/aromatic N) is 2. The minimum Gasteiger partial charge on any atom is -0.470 e. The summed E-state index contributed by atoms with van der Waals surface area (Å²) in [5, 5.41) is 10.9. The van der Waals surface area contributed by atoms with Gasteiger partial charge in [-0.1, -0.05) is 13.3 Å². The summed E-state index contributed by atoms with van der Waals surface area (Å²) in [6.07, 6.45) is 3.64. The van der Waals surface area contributed by atoms with E-state index in [1.807, 2.05) is 0 Å². The number of nitro groups is 1. The van der Waals surface area contributed by atoms with Gasteiger partial charge in [0.05, 0.1) is 24.7 Å². The van der Waals surface area contributed by atoms with Gasteiger partial charge in [0.15, 0.2) is 0 Å². The van der Waals surface area contributed by atoms with Crippen LogP contribution in [0.1, 0.15) is 25.3 Å². The van der Waals surface area contributed by atoms with Gasteiger partial charge in [-0.3, -0.25) is 10.1 Å². The predicted octanol–water partition coefficient (Wildman–Crippen LogP) is 2.51. The number of hydrogen-bond donors (Lipinski definition) is 0. The van der Waals surface area contributed by atoms with Gasteiger partial charge in [-0.25, -0.2) is 4.98 Å². The molecule has 0 aliphatic carbocycles. The molecule has 0 saturated carbocycles. The van der Waals surface area contributed by atoms with Gasteiger partial charge < -0.3 is 14.2 Å². The molecule has 0 radical (unpaired) electrons. The lowest BCUT2D eigenvalue weighted by Crippen LogP contribution is -2.12. The van der Waals surface area contributed by atoms with E-state index >= 15 is 0 Å². The highest BCUT2D eigenvalue weighted by Gasteiger charge is 2.19. The van der Waals surface area contributed by atoms with E-state index in [0.717, 1.165) is 19.4 Å². The van der Waals surface area contributed by atoms with Crippen molar-refractivity contribution in [2.45, 2.75) is 26.7 Å². The van der Waals surface area contributed by atoms with Gasteiger partial charge in [0.1, 0.15) is 6.61 Å². The number of hydrogen-bond acceptors (Lipinski definition) is 6. The van der Waals surface area contributed by atoms with Gasteiger partial charge in [-0.15, -0.1) is 0 Å². The third-order valence-corrected chi connectivity index (χ3v) is 2.76. The van der Waals surface area contributed by atoms with E-state index in [1.54, 1.807) is 13.0 Å². The summed E-state index contributed by atoms with van der Waals surface area (Å²) in [6.45, 7) is 6.08. The lowest BCUT2D eigenvalue weighted by Gasteiger charge is -2.08. The Balaban J connectivity index is 2.21. The number of pyridine rings is 1. The number of aromatic nitrogens is 1. The minimum atomic E-state index is -0.486. The molecule has 0 fully saturated rings. The Kier molecular flexibility index (Phi) is 8.30.